The maximum atomic E-state index is 10.3. The van der Waals surface area contributed by atoms with Crippen LogP contribution in [0.1, 0.15) is 24.8 Å². The molecule has 4 rings (SSSR count). The number of aliphatic hydroxyl groups excluding tert-OH is 3. The van der Waals surface area contributed by atoms with Crippen LogP contribution in [-0.2, 0) is 4.74 Å². The summed E-state index contributed by atoms with van der Waals surface area (Å²) in [4.78, 5) is 12.8. The number of hydrogen-bond acceptors (Lipinski definition) is 9. The Morgan fingerprint density at radius 2 is 1.89 bits per heavy atom. The molecule has 0 radical (unpaired) electrons. The summed E-state index contributed by atoms with van der Waals surface area (Å²) in [6.45, 7) is 1.54. The van der Waals surface area contributed by atoms with E-state index in [1.807, 2.05) is 19.1 Å². The van der Waals surface area contributed by atoms with Crippen molar-refractivity contribution in [2.24, 2.45) is 0 Å². The van der Waals surface area contributed by atoms with Crippen molar-refractivity contribution < 1.29 is 25.2 Å². The highest BCUT2D eigenvalue weighted by Crippen LogP contribution is 2.32. The van der Waals surface area contributed by atoms with Gasteiger partial charge in [0.1, 0.15) is 30.4 Å². The second-order valence-electron chi connectivity index (χ2n) is 6.73. The minimum Gasteiger partial charge on any atom is -0.508 e. The fraction of sp³-hybridized carbons (Fsp3) is 0.389. The highest BCUT2D eigenvalue weighted by Gasteiger charge is 2.44. The van der Waals surface area contributed by atoms with Gasteiger partial charge in [-0.05, 0) is 24.6 Å². The molecule has 2 aromatic heterocycles. The van der Waals surface area contributed by atoms with Crippen molar-refractivity contribution in [3.8, 4) is 5.75 Å². The third kappa shape index (κ3) is 3.16. The summed E-state index contributed by atoms with van der Waals surface area (Å²) in [5.74, 6) is 0.689. The molecule has 5 N–H and O–H groups in total. The Bertz CT molecular complexity index is 963. The van der Waals surface area contributed by atoms with Crippen molar-refractivity contribution in [3.05, 3.63) is 42.5 Å². The monoisotopic (exact) mass is 387 g/mol. The molecule has 10 nitrogen and oxygen atoms in total. The standard InChI is InChI=1S/C18H21N5O5/c1-9(10-2-4-11(25)5-3-10)22-16-13-17(20-7-19-16)23(8-21-13)18-15(27)14(26)12(6-24)28-18/h2-5,7-9,12,14-15,18,24-27H,6H2,1H3,(H,19,20,22)/t9?,12-,14+,15?,18-/m1/s1. The third-order valence-corrected chi connectivity index (χ3v) is 4.90. The van der Waals surface area contributed by atoms with Crippen molar-refractivity contribution in [3.63, 3.8) is 0 Å². The molecular formula is C18H21N5O5. The lowest BCUT2D eigenvalue weighted by molar-refractivity contribution is -0.0511. The molecule has 0 amide bonds. The SMILES string of the molecule is CC(Nc1ncnc2c1ncn2[C@@H]1O[C@H](CO)[C@H](O)C1O)c1ccc(O)cc1. The van der Waals surface area contributed by atoms with Crippen LogP contribution in [0.15, 0.2) is 36.9 Å². The maximum absolute atomic E-state index is 10.3. The highest BCUT2D eigenvalue weighted by atomic mass is 16.6. The molecule has 5 atom stereocenters. The number of aromatic hydroxyl groups is 1. The molecule has 1 aromatic carbocycles. The van der Waals surface area contributed by atoms with Crippen molar-refractivity contribution >= 4 is 17.0 Å². The van der Waals surface area contributed by atoms with Gasteiger partial charge < -0.3 is 30.5 Å². The lowest BCUT2D eigenvalue weighted by Gasteiger charge is -2.17. The van der Waals surface area contributed by atoms with Crippen LogP contribution < -0.4 is 5.32 Å². The van der Waals surface area contributed by atoms with Crippen molar-refractivity contribution in [1.29, 1.82) is 0 Å². The normalized spacial score (nSPS) is 25.9. The fourth-order valence-corrected chi connectivity index (χ4v) is 3.31. The zero-order valence-electron chi connectivity index (χ0n) is 15.0. The predicted octanol–water partition coefficient (Wildman–Crippen LogP) is 0.316. The Kier molecular flexibility index (Phi) is 4.85. The minimum absolute atomic E-state index is 0.113. The van der Waals surface area contributed by atoms with Crippen LogP contribution >= 0.6 is 0 Å². The first-order valence-electron chi connectivity index (χ1n) is 8.85. The first kappa shape index (κ1) is 18.6. The molecule has 3 aromatic rings. The molecule has 148 valence electrons. The van der Waals surface area contributed by atoms with Crippen LogP contribution in [0.2, 0.25) is 0 Å². The first-order valence-corrected chi connectivity index (χ1v) is 8.85. The highest BCUT2D eigenvalue weighted by molar-refractivity contribution is 5.82. The molecule has 2 unspecified atom stereocenters. The molecule has 3 heterocycles. The Balaban J connectivity index is 1.63. The van der Waals surface area contributed by atoms with Gasteiger partial charge in [0.05, 0.1) is 19.0 Å². The molecule has 0 saturated carbocycles. The number of aliphatic hydroxyl groups is 3. The summed E-state index contributed by atoms with van der Waals surface area (Å²) < 4.78 is 7.07. The molecule has 0 spiro atoms. The molecule has 1 aliphatic rings. The van der Waals surface area contributed by atoms with E-state index in [-0.39, 0.29) is 11.8 Å². The van der Waals surface area contributed by atoms with Crippen LogP contribution in [0.3, 0.4) is 0 Å². The zero-order valence-corrected chi connectivity index (χ0v) is 15.0. The lowest BCUT2D eigenvalue weighted by atomic mass is 10.1. The number of imidazole rings is 1. The molecule has 1 fully saturated rings. The molecule has 1 aliphatic heterocycles. The number of benzene rings is 1. The zero-order chi connectivity index (χ0) is 19.8. The second kappa shape index (κ2) is 7.32. The number of anilines is 1. The van der Waals surface area contributed by atoms with E-state index in [2.05, 4.69) is 20.3 Å². The molecule has 0 aliphatic carbocycles. The average molecular weight is 387 g/mol. The molecule has 28 heavy (non-hydrogen) atoms. The summed E-state index contributed by atoms with van der Waals surface area (Å²) >= 11 is 0. The summed E-state index contributed by atoms with van der Waals surface area (Å²) in [6.07, 6.45) is -1.41. The number of rotatable bonds is 5. The van der Waals surface area contributed by atoms with E-state index in [1.54, 1.807) is 12.1 Å². The summed E-state index contributed by atoms with van der Waals surface area (Å²) in [5.41, 5.74) is 1.85. The Hall–Kier alpha value is -2.79. The number of phenolic OH excluding ortho intramolecular Hbond substituents is 1. The van der Waals surface area contributed by atoms with E-state index in [1.165, 1.54) is 17.2 Å². The summed E-state index contributed by atoms with van der Waals surface area (Å²) in [6, 6.07) is 6.73. The van der Waals surface area contributed by atoms with Gasteiger partial charge in [0.15, 0.2) is 23.2 Å². The van der Waals surface area contributed by atoms with E-state index >= 15 is 0 Å². The number of hydrogen-bond donors (Lipinski definition) is 5. The molecule has 0 bridgehead atoms. The first-order chi connectivity index (χ1) is 13.5. The number of ether oxygens (including phenoxy) is 1. The van der Waals surface area contributed by atoms with Crippen LogP contribution in [0, 0.1) is 0 Å². The van der Waals surface area contributed by atoms with E-state index in [0.29, 0.717) is 17.0 Å². The fourth-order valence-electron chi connectivity index (χ4n) is 3.31. The Morgan fingerprint density at radius 1 is 1.14 bits per heavy atom. The smallest absolute Gasteiger partial charge is 0.167 e. The van der Waals surface area contributed by atoms with Gasteiger partial charge in [0, 0.05) is 0 Å². The quantitative estimate of drug-likeness (QED) is 0.417. The van der Waals surface area contributed by atoms with Gasteiger partial charge in [-0.1, -0.05) is 12.1 Å². The van der Waals surface area contributed by atoms with Gasteiger partial charge in [0.2, 0.25) is 0 Å². The van der Waals surface area contributed by atoms with Crippen molar-refractivity contribution in [1.82, 2.24) is 19.5 Å². The number of phenols is 1. The maximum Gasteiger partial charge on any atom is 0.167 e. The van der Waals surface area contributed by atoms with Gasteiger partial charge >= 0.3 is 0 Å². The van der Waals surface area contributed by atoms with E-state index in [9.17, 15) is 20.4 Å². The van der Waals surface area contributed by atoms with Crippen LogP contribution in [0.4, 0.5) is 5.82 Å². The molecule has 1 saturated heterocycles. The number of nitrogens with zero attached hydrogens (tertiary/aromatic N) is 4. The number of nitrogens with one attached hydrogen (secondary N) is 1. The van der Waals surface area contributed by atoms with Crippen LogP contribution in [0.25, 0.3) is 11.2 Å². The third-order valence-electron chi connectivity index (χ3n) is 4.90. The Labute approximate surface area is 160 Å². The van der Waals surface area contributed by atoms with Crippen LogP contribution in [0.5, 0.6) is 5.75 Å². The van der Waals surface area contributed by atoms with E-state index in [0.717, 1.165) is 5.56 Å². The predicted molar refractivity (Wildman–Crippen MR) is 98.5 cm³/mol. The van der Waals surface area contributed by atoms with E-state index < -0.39 is 31.1 Å². The van der Waals surface area contributed by atoms with Crippen molar-refractivity contribution in [2.45, 2.75) is 37.5 Å². The second-order valence-corrected chi connectivity index (χ2v) is 6.73. The number of aromatic nitrogens is 4. The van der Waals surface area contributed by atoms with Gasteiger partial charge in [-0.3, -0.25) is 4.57 Å². The minimum atomic E-state index is -1.23. The molecular weight excluding hydrogens is 366 g/mol. The molecule has 10 heteroatoms. The van der Waals surface area contributed by atoms with Gasteiger partial charge in [-0.15, -0.1) is 0 Å². The lowest BCUT2D eigenvalue weighted by Crippen LogP contribution is -2.33. The summed E-state index contributed by atoms with van der Waals surface area (Å²) in [5, 5.41) is 42.2. The Morgan fingerprint density at radius 3 is 2.57 bits per heavy atom. The van der Waals surface area contributed by atoms with E-state index in [4.69, 9.17) is 4.74 Å². The van der Waals surface area contributed by atoms with Gasteiger partial charge in [0.25, 0.3) is 0 Å². The number of fused-ring (bicyclic) bond motifs is 1. The van der Waals surface area contributed by atoms with Gasteiger partial charge in [-0.25, -0.2) is 15.0 Å². The van der Waals surface area contributed by atoms with Gasteiger partial charge in [-0.2, -0.15) is 0 Å². The summed E-state index contributed by atoms with van der Waals surface area (Å²) in [7, 11) is 0. The van der Waals surface area contributed by atoms with Crippen LogP contribution in [-0.4, -0.2) is 64.9 Å². The average Bonchev–Trinajstić information content (AvgIpc) is 3.24. The topological polar surface area (TPSA) is 146 Å². The largest absolute Gasteiger partial charge is 0.508 e. The van der Waals surface area contributed by atoms with Crippen molar-refractivity contribution in [2.75, 3.05) is 11.9 Å².